The molecular formula is C21H27F2N2O4S2-. The number of thiazole rings is 1. The number of benzene rings is 1. The van der Waals surface area contributed by atoms with Crippen LogP contribution in [0.25, 0.3) is 0 Å². The molecule has 2 aromatic rings. The van der Waals surface area contributed by atoms with E-state index in [0.717, 1.165) is 11.3 Å². The van der Waals surface area contributed by atoms with Crippen LogP contribution < -0.4 is 4.74 Å². The van der Waals surface area contributed by atoms with Crippen LogP contribution >= 0.6 is 11.3 Å². The second-order valence-electron chi connectivity index (χ2n) is 8.22. The van der Waals surface area contributed by atoms with Gasteiger partial charge in [-0.2, -0.15) is 8.78 Å². The molecule has 31 heavy (non-hydrogen) atoms. The summed E-state index contributed by atoms with van der Waals surface area (Å²) < 4.78 is 46.6. The van der Waals surface area contributed by atoms with Gasteiger partial charge < -0.3 is 18.4 Å². The average molecular weight is 474 g/mol. The Hall–Kier alpha value is -1.91. The molecule has 1 heterocycles. The summed E-state index contributed by atoms with van der Waals surface area (Å²) in [6, 6.07) is 3.03. The van der Waals surface area contributed by atoms with Crippen LogP contribution in [0.4, 0.5) is 8.78 Å². The van der Waals surface area contributed by atoms with Crippen molar-refractivity contribution in [3.8, 4) is 5.75 Å². The molecule has 2 rings (SSSR count). The summed E-state index contributed by atoms with van der Waals surface area (Å²) in [6.45, 7) is 7.74. The Morgan fingerprint density at radius 1 is 1.23 bits per heavy atom. The molecule has 0 aliphatic rings. The molecule has 0 bridgehead atoms. The van der Waals surface area contributed by atoms with Crippen LogP contribution in [0.15, 0.2) is 26.9 Å². The zero-order valence-electron chi connectivity index (χ0n) is 18.3. The molecule has 1 amide bonds. The largest absolute Gasteiger partial charge is 0.439 e. The van der Waals surface area contributed by atoms with Crippen LogP contribution in [0.2, 0.25) is 0 Å². The summed E-state index contributed by atoms with van der Waals surface area (Å²) in [5, 5.41) is 10.4. The van der Waals surface area contributed by atoms with E-state index in [1.165, 1.54) is 18.3 Å². The van der Waals surface area contributed by atoms with Gasteiger partial charge in [0.25, 0.3) is 0 Å². The quantitative estimate of drug-likeness (QED) is 0.512. The van der Waals surface area contributed by atoms with Crippen LogP contribution in [0, 0.1) is 0 Å². The summed E-state index contributed by atoms with van der Waals surface area (Å²) >= 11 is 1.03. The highest BCUT2D eigenvalue weighted by Crippen LogP contribution is 2.34. The minimum absolute atomic E-state index is 0.0444. The zero-order valence-corrected chi connectivity index (χ0v) is 19.9. The Labute approximate surface area is 186 Å². The van der Waals surface area contributed by atoms with Crippen molar-refractivity contribution in [2.24, 2.45) is 4.36 Å². The fourth-order valence-corrected chi connectivity index (χ4v) is 4.81. The number of alkyl halides is 2. The lowest BCUT2D eigenvalue weighted by atomic mass is 9.86. The van der Waals surface area contributed by atoms with Crippen molar-refractivity contribution in [2.45, 2.75) is 76.2 Å². The first-order valence-electron chi connectivity index (χ1n) is 9.76. The van der Waals surface area contributed by atoms with Crippen LogP contribution in [-0.4, -0.2) is 22.6 Å². The lowest BCUT2D eigenvalue weighted by molar-refractivity contribution is -0.117. The number of hydrogen-bond acceptors (Lipinski definition) is 7. The van der Waals surface area contributed by atoms with Crippen LogP contribution in [-0.2, 0) is 31.6 Å². The number of aliphatic hydroxyl groups is 1. The number of halogens is 2. The van der Waals surface area contributed by atoms with E-state index in [1.54, 1.807) is 13.8 Å². The van der Waals surface area contributed by atoms with Gasteiger partial charge in [0, 0.05) is 6.20 Å². The third-order valence-corrected chi connectivity index (χ3v) is 7.06. The van der Waals surface area contributed by atoms with Gasteiger partial charge in [-0.3, -0.25) is 4.79 Å². The molecule has 0 fully saturated rings. The van der Waals surface area contributed by atoms with Gasteiger partial charge in [0.2, 0.25) is 5.91 Å². The molecule has 172 valence electrons. The maximum Gasteiger partial charge on any atom is 0.387 e. The fraction of sp³-hybridized carbons (Fsp3) is 0.524. The molecule has 0 aliphatic heterocycles. The Bertz CT molecular complexity index is 992. The summed E-state index contributed by atoms with van der Waals surface area (Å²) in [5.74, 6) is -0.656. The minimum atomic E-state index is -2.95. The van der Waals surface area contributed by atoms with Crippen molar-refractivity contribution in [2.75, 3.05) is 0 Å². The number of carbonyl (C=O) groups excluding carboxylic acids is 1. The third-order valence-electron chi connectivity index (χ3n) is 4.45. The van der Waals surface area contributed by atoms with Gasteiger partial charge in [-0.1, -0.05) is 27.7 Å². The maximum absolute atomic E-state index is 12.7. The van der Waals surface area contributed by atoms with Crippen molar-refractivity contribution < 1.29 is 27.6 Å². The van der Waals surface area contributed by atoms with E-state index in [4.69, 9.17) is 0 Å². The number of carbonyl (C=O) groups is 1. The summed E-state index contributed by atoms with van der Waals surface area (Å²) in [5.41, 5.74) is 0.910. The molecular weight excluding hydrogens is 446 g/mol. The monoisotopic (exact) mass is 473 g/mol. The van der Waals surface area contributed by atoms with Gasteiger partial charge in [-0.15, -0.1) is 21.9 Å². The molecule has 1 N–H and O–H groups in total. The van der Waals surface area contributed by atoms with Gasteiger partial charge in [0.05, 0.1) is 6.42 Å². The van der Waals surface area contributed by atoms with Crippen molar-refractivity contribution in [3.05, 3.63) is 40.0 Å². The van der Waals surface area contributed by atoms with E-state index in [-0.39, 0.29) is 28.2 Å². The fourth-order valence-electron chi connectivity index (χ4n) is 3.04. The van der Waals surface area contributed by atoms with E-state index < -0.39 is 28.7 Å². The van der Waals surface area contributed by atoms with Gasteiger partial charge in [0.15, 0.2) is 0 Å². The molecule has 0 radical (unpaired) electrons. The van der Waals surface area contributed by atoms with Crippen LogP contribution in [0.3, 0.4) is 0 Å². The SMILES string of the molecule is CC(C)c1cc(OC(F)F)cc(C(C)C)c1CC(=O)N=[S-](=O)c1cnc(C(C)(C)O)s1. The molecule has 0 aliphatic carbocycles. The number of hydrogen-bond donors (Lipinski definition) is 1. The second-order valence-corrected chi connectivity index (χ2v) is 10.6. The topological polar surface area (TPSA) is 88.9 Å². The zero-order chi connectivity index (χ0) is 23.5. The highest BCUT2D eigenvalue weighted by molar-refractivity contribution is 7.78. The molecule has 0 unspecified atom stereocenters. The average Bonchev–Trinajstić information content (AvgIpc) is 3.12. The van der Waals surface area contributed by atoms with E-state index >= 15 is 0 Å². The van der Waals surface area contributed by atoms with Crippen LogP contribution in [0.5, 0.6) is 5.75 Å². The summed E-state index contributed by atoms with van der Waals surface area (Å²) in [6.07, 6.45) is 1.22. The molecule has 6 nitrogen and oxygen atoms in total. The first-order chi connectivity index (χ1) is 14.3. The molecule has 1 aromatic carbocycles. The number of aromatic nitrogens is 1. The predicted octanol–water partition coefficient (Wildman–Crippen LogP) is 5.49. The molecule has 0 spiro atoms. The minimum Gasteiger partial charge on any atom is -0.439 e. The maximum atomic E-state index is 12.7. The Kier molecular flexibility index (Phi) is 8.29. The van der Waals surface area contributed by atoms with Gasteiger partial charge in [0.1, 0.15) is 16.4 Å². The van der Waals surface area contributed by atoms with Crippen molar-refractivity contribution in [3.63, 3.8) is 0 Å². The number of nitrogens with zero attached hydrogens (tertiary/aromatic N) is 2. The standard InChI is InChI=1S/C21H27F2N2O4S2/c1-11(2)14-7-13(29-20(22)23)8-15(12(3)4)16(14)9-17(26)25-31(28)18-10-24-19(30-18)21(5,6)27/h7-8,10-12,20,27H,9H2,1-6H3/q-1. The number of rotatable bonds is 8. The smallest absolute Gasteiger partial charge is 0.387 e. The van der Waals surface area contributed by atoms with Crippen molar-refractivity contribution in [1.29, 1.82) is 0 Å². The molecule has 0 atom stereocenters. The predicted molar refractivity (Wildman–Crippen MR) is 116 cm³/mol. The van der Waals surface area contributed by atoms with Gasteiger partial charge in [-0.25, -0.2) is 4.98 Å². The first-order valence-corrected chi connectivity index (χ1v) is 11.7. The Morgan fingerprint density at radius 3 is 2.19 bits per heavy atom. The van der Waals surface area contributed by atoms with Crippen molar-refractivity contribution in [1.82, 2.24) is 4.98 Å². The first kappa shape index (κ1) is 25.4. The molecule has 0 saturated heterocycles. The lowest BCUT2D eigenvalue weighted by Gasteiger charge is -2.21. The normalized spacial score (nSPS) is 13.4. The number of amides is 1. The van der Waals surface area contributed by atoms with Crippen LogP contribution in [0.1, 0.15) is 75.1 Å². The van der Waals surface area contributed by atoms with E-state index in [1.807, 2.05) is 27.7 Å². The molecule has 0 saturated carbocycles. The van der Waals surface area contributed by atoms with E-state index in [0.29, 0.717) is 21.7 Å². The Morgan fingerprint density at radius 2 is 1.77 bits per heavy atom. The second kappa shape index (κ2) is 10.1. The van der Waals surface area contributed by atoms with E-state index in [2.05, 4.69) is 14.1 Å². The summed E-state index contributed by atoms with van der Waals surface area (Å²) in [4.78, 5) is 16.7. The highest BCUT2D eigenvalue weighted by Gasteiger charge is 2.21. The number of ether oxygens (including phenoxy) is 1. The summed E-state index contributed by atoms with van der Waals surface area (Å²) in [7, 11) is -1.95. The van der Waals surface area contributed by atoms with Gasteiger partial charge in [-0.05, 0) is 58.7 Å². The third kappa shape index (κ3) is 6.78. The van der Waals surface area contributed by atoms with E-state index in [9.17, 15) is 22.9 Å². The molecule has 1 aromatic heterocycles. The highest BCUT2D eigenvalue weighted by atomic mass is 32.2. The Balaban J connectivity index is 2.39. The van der Waals surface area contributed by atoms with Crippen molar-refractivity contribution >= 4 is 27.8 Å². The van der Waals surface area contributed by atoms with Gasteiger partial charge >= 0.3 is 6.61 Å². The lowest BCUT2D eigenvalue weighted by Crippen LogP contribution is -2.14. The molecule has 10 heteroatoms.